The molecule has 0 aromatic heterocycles. The van der Waals surface area contributed by atoms with Crippen LogP contribution >= 0.6 is 0 Å². The fourth-order valence-electron chi connectivity index (χ4n) is 2.34. The average molecular weight is 183 g/mol. The highest BCUT2D eigenvalue weighted by Gasteiger charge is 2.45. The number of hydrogen-bond acceptors (Lipinski definition) is 2. The van der Waals surface area contributed by atoms with Crippen molar-refractivity contribution in [3.8, 4) is 0 Å². The predicted molar refractivity (Wildman–Crippen MR) is 49.5 cm³/mol. The van der Waals surface area contributed by atoms with Gasteiger partial charge < -0.3 is 9.64 Å². The van der Waals surface area contributed by atoms with E-state index in [9.17, 15) is 4.79 Å². The van der Waals surface area contributed by atoms with E-state index in [0.717, 1.165) is 25.3 Å². The van der Waals surface area contributed by atoms with E-state index in [4.69, 9.17) is 4.74 Å². The summed E-state index contributed by atoms with van der Waals surface area (Å²) >= 11 is 0. The van der Waals surface area contributed by atoms with Gasteiger partial charge in [0.05, 0.1) is 6.54 Å². The molecule has 3 nitrogen and oxygen atoms in total. The number of ether oxygens (including phenoxy) is 1. The van der Waals surface area contributed by atoms with Crippen molar-refractivity contribution in [1.29, 1.82) is 0 Å². The molecular formula is C10H17NO2. The van der Waals surface area contributed by atoms with Crippen LogP contribution in [0.1, 0.15) is 32.6 Å². The van der Waals surface area contributed by atoms with Crippen molar-refractivity contribution in [3.05, 3.63) is 0 Å². The molecule has 3 heteroatoms. The second-order valence-electron chi connectivity index (χ2n) is 4.59. The van der Waals surface area contributed by atoms with Crippen LogP contribution in [0.15, 0.2) is 0 Å². The molecule has 2 rings (SSSR count). The Labute approximate surface area is 79.0 Å². The fourth-order valence-corrected chi connectivity index (χ4v) is 2.34. The lowest BCUT2D eigenvalue weighted by atomic mass is 9.79. The molecule has 1 saturated carbocycles. The van der Waals surface area contributed by atoms with Crippen molar-refractivity contribution >= 4 is 6.09 Å². The van der Waals surface area contributed by atoms with Gasteiger partial charge in [-0.3, -0.25) is 0 Å². The Bertz CT molecular complexity index is 219. The topological polar surface area (TPSA) is 29.5 Å². The molecule has 1 amide bonds. The average Bonchev–Trinajstić information content (AvgIpc) is 2.36. The molecule has 0 aromatic carbocycles. The van der Waals surface area contributed by atoms with Crippen LogP contribution in [0, 0.1) is 5.92 Å². The Kier molecular flexibility index (Phi) is 1.97. The van der Waals surface area contributed by atoms with Gasteiger partial charge in [0.2, 0.25) is 0 Å². The van der Waals surface area contributed by atoms with Crippen molar-refractivity contribution in [3.63, 3.8) is 0 Å². The molecule has 0 radical (unpaired) electrons. The van der Waals surface area contributed by atoms with Crippen LogP contribution in [0.5, 0.6) is 0 Å². The lowest BCUT2D eigenvalue weighted by molar-refractivity contribution is 0.0153. The van der Waals surface area contributed by atoms with Crippen molar-refractivity contribution in [2.75, 3.05) is 13.6 Å². The summed E-state index contributed by atoms with van der Waals surface area (Å²) in [6.07, 6.45) is 4.34. The zero-order valence-corrected chi connectivity index (χ0v) is 8.38. The minimum atomic E-state index is -0.144. The summed E-state index contributed by atoms with van der Waals surface area (Å²) < 4.78 is 5.44. The number of carbonyl (C=O) groups excluding carboxylic acids is 1. The van der Waals surface area contributed by atoms with E-state index in [1.807, 2.05) is 7.05 Å². The van der Waals surface area contributed by atoms with Crippen LogP contribution in [0.4, 0.5) is 4.79 Å². The molecule has 1 spiro atoms. The largest absolute Gasteiger partial charge is 0.441 e. The van der Waals surface area contributed by atoms with E-state index in [1.165, 1.54) is 12.8 Å². The molecular weight excluding hydrogens is 166 g/mol. The van der Waals surface area contributed by atoms with Crippen LogP contribution in [-0.2, 0) is 4.74 Å². The second-order valence-corrected chi connectivity index (χ2v) is 4.59. The van der Waals surface area contributed by atoms with Gasteiger partial charge >= 0.3 is 6.09 Å². The normalized spacial score (nSPS) is 39.7. The highest BCUT2D eigenvalue weighted by molar-refractivity contribution is 5.70. The first-order valence-corrected chi connectivity index (χ1v) is 5.05. The maximum Gasteiger partial charge on any atom is 0.410 e. The monoisotopic (exact) mass is 183 g/mol. The summed E-state index contributed by atoms with van der Waals surface area (Å²) in [5, 5.41) is 0. The minimum absolute atomic E-state index is 0.127. The van der Waals surface area contributed by atoms with Crippen LogP contribution in [0.3, 0.4) is 0 Å². The standard InChI is InChI=1S/C10H17NO2/c1-8-3-5-10(6-4-8)7-11(2)9(12)13-10/h8H,3-7H2,1-2H3. The fraction of sp³-hybridized carbons (Fsp3) is 0.900. The molecule has 2 fully saturated rings. The molecule has 1 saturated heterocycles. The molecule has 1 heterocycles. The Morgan fingerprint density at radius 2 is 2.08 bits per heavy atom. The van der Waals surface area contributed by atoms with E-state index >= 15 is 0 Å². The predicted octanol–water partition coefficient (Wildman–Crippen LogP) is 2.02. The van der Waals surface area contributed by atoms with Gasteiger partial charge in [-0.2, -0.15) is 0 Å². The molecule has 0 N–H and O–H groups in total. The number of likely N-dealkylation sites (N-methyl/N-ethyl adjacent to an activating group) is 1. The summed E-state index contributed by atoms with van der Waals surface area (Å²) in [6.45, 7) is 3.06. The molecule has 1 aliphatic heterocycles. The van der Waals surface area contributed by atoms with Crippen molar-refractivity contribution in [2.45, 2.75) is 38.2 Å². The Morgan fingerprint density at radius 1 is 1.46 bits per heavy atom. The zero-order valence-electron chi connectivity index (χ0n) is 8.38. The van der Waals surface area contributed by atoms with Crippen molar-refractivity contribution in [1.82, 2.24) is 4.90 Å². The van der Waals surface area contributed by atoms with Crippen molar-refractivity contribution in [2.24, 2.45) is 5.92 Å². The second kappa shape index (κ2) is 2.89. The number of amides is 1. The maximum absolute atomic E-state index is 11.2. The van der Waals surface area contributed by atoms with E-state index in [2.05, 4.69) is 6.92 Å². The van der Waals surface area contributed by atoms with Crippen LogP contribution in [-0.4, -0.2) is 30.2 Å². The maximum atomic E-state index is 11.2. The smallest absolute Gasteiger partial charge is 0.410 e. The number of carbonyl (C=O) groups is 1. The third-order valence-electron chi connectivity index (χ3n) is 3.33. The number of hydrogen-bond donors (Lipinski definition) is 0. The highest BCUT2D eigenvalue weighted by atomic mass is 16.6. The molecule has 0 unspecified atom stereocenters. The van der Waals surface area contributed by atoms with Gasteiger partial charge in [0, 0.05) is 7.05 Å². The SMILES string of the molecule is CC1CCC2(CC1)CN(C)C(=O)O2. The van der Waals surface area contributed by atoms with Crippen LogP contribution in [0.2, 0.25) is 0 Å². The van der Waals surface area contributed by atoms with E-state index in [-0.39, 0.29) is 11.7 Å². The van der Waals surface area contributed by atoms with Gasteiger partial charge in [-0.25, -0.2) is 4.79 Å². The third kappa shape index (κ3) is 1.52. The molecule has 0 bridgehead atoms. The van der Waals surface area contributed by atoms with E-state index in [1.54, 1.807) is 4.90 Å². The van der Waals surface area contributed by atoms with Crippen LogP contribution < -0.4 is 0 Å². The molecule has 74 valence electrons. The zero-order chi connectivity index (χ0) is 9.47. The van der Waals surface area contributed by atoms with E-state index < -0.39 is 0 Å². The van der Waals surface area contributed by atoms with Gasteiger partial charge in [-0.1, -0.05) is 6.92 Å². The van der Waals surface area contributed by atoms with Crippen molar-refractivity contribution < 1.29 is 9.53 Å². The quantitative estimate of drug-likeness (QED) is 0.575. The van der Waals surface area contributed by atoms with Gasteiger partial charge in [-0.05, 0) is 31.6 Å². The summed E-state index contributed by atoms with van der Waals surface area (Å²) in [4.78, 5) is 12.9. The number of nitrogens with zero attached hydrogens (tertiary/aromatic N) is 1. The molecule has 2 aliphatic rings. The Hall–Kier alpha value is -0.730. The number of rotatable bonds is 0. The first kappa shape index (κ1) is 8.85. The van der Waals surface area contributed by atoms with Crippen LogP contribution in [0.25, 0.3) is 0 Å². The molecule has 13 heavy (non-hydrogen) atoms. The highest BCUT2D eigenvalue weighted by Crippen LogP contribution is 2.38. The molecule has 0 aromatic rings. The summed E-state index contributed by atoms with van der Waals surface area (Å²) in [6, 6.07) is 0. The minimum Gasteiger partial charge on any atom is -0.441 e. The lowest BCUT2D eigenvalue weighted by Gasteiger charge is -2.33. The molecule has 0 atom stereocenters. The van der Waals surface area contributed by atoms with Gasteiger partial charge in [-0.15, -0.1) is 0 Å². The third-order valence-corrected chi connectivity index (χ3v) is 3.33. The van der Waals surface area contributed by atoms with E-state index in [0.29, 0.717) is 0 Å². The van der Waals surface area contributed by atoms with Gasteiger partial charge in [0.25, 0.3) is 0 Å². The first-order chi connectivity index (χ1) is 6.11. The first-order valence-electron chi connectivity index (χ1n) is 5.05. The Balaban J connectivity index is 2.03. The summed E-state index contributed by atoms with van der Waals surface area (Å²) in [5.41, 5.74) is -0.127. The summed E-state index contributed by atoms with van der Waals surface area (Å²) in [5.74, 6) is 0.801. The summed E-state index contributed by atoms with van der Waals surface area (Å²) in [7, 11) is 1.81. The van der Waals surface area contributed by atoms with Gasteiger partial charge in [0.1, 0.15) is 5.60 Å². The Morgan fingerprint density at radius 3 is 2.54 bits per heavy atom. The lowest BCUT2D eigenvalue weighted by Crippen LogP contribution is -2.37. The van der Waals surface area contributed by atoms with Gasteiger partial charge in [0.15, 0.2) is 0 Å². The molecule has 1 aliphatic carbocycles.